The molecule has 0 aliphatic rings. The lowest BCUT2D eigenvalue weighted by Gasteiger charge is -1.99. The van der Waals surface area contributed by atoms with E-state index in [-0.39, 0.29) is 0 Å². The molecule has 0 radical (unpaired) electrons. The summed E-state index contributed by atoms with van der Waals surface area (Å²) in [5.41, 5.74) is 0. The number of unbranched alkanes of at least 4 members (excludes halogenated alkanes) is 3. The summed E-state index contributed by atoms with van der Waals surface area (Å²) in [6, 6.07) is 0. The van der Waals surface area contributed by atoms with E-state index in [0.29, 0.717) is 0 Å². The molecule has 62 valence electrons. The van der Waals surface area contributed by atoms with Crippen LogP contribution in [-0.2, 0) is 4.52 Å². The monoisotopic (exact) mass is 162 g/mol. The van der Waals surface area contributed by atoms with Crippen molar-refractivity contribution in [2.75, 3.05) is 12.8 Å². The van der Waals surface area contributed by atoms with Gasteiger partial charge >= 0.3 is 0 Å². The van der Waals surface area contributed by atoms with Gasteiger partial charge in [-0.15, -0.1) is 0 Å². The van der Waals surface area contributed by atoms with Crippen molar-refractivity contribution in [3.05, 3.63) is 0 Å². The van der Waals surface area contributed by atoms with E-state index in [9.17, 15) is 0 Å². The molecular formula is C8H19OP. The minimum Gasteiger partial charge on any atom is -0.363 e. The van der Waals surface area contributed by atoms with Crippen LogP contribution in [0, 0.1) is 0 Å². The van der Waals surface area contributed by atoms with Gasteiger partial charge in [0.1, 0.15) is 0 Å². The Morgan fingerprint density at radius 3 is 2.50 bits per heavy atom. The van der Waals surface area contributed by atoms with E-state index in [2.05, 4.69) is 13.8 Å². The first kappa shape index (κ1) is 10.4. The van der Waals surface area contributed by atoms with Crippen molar-refractivity contribution in [1.82, 2.24) is 0 Å². The molecule has 1 unspecified atom stereocenters. The van der Waals surface area contributed by atoms with Crippen molar-refractivity contribution in [2.45, 2.75) is 39.5 Å². The van der Waals surface area contributed by atoms with Gasteiger partial charge in [0, 0.05) is 15.4 Å². The van der Waals surface area contributed by atoms with Crippen molar-refractivity contribution in [3.8, 4) is 0 Å². The first-order valence-electron chi connectivity index (χ1n) is 4.26. The Bertz CT molecular complexity index is 49.2. The highest BCUT2D eigenvalue weighted by Gasteiger charge is 1.87. The minimum atomic E-state index is 0.744. The zero-order valence-corrected chi connectivity index (χ0v) is 8.15. The van der Waals surface area contributed by atoms with Crippen LogP contribution in [0.2, 0.25) is 0 Å². The van der Waals surface area contributed by atoms with Crippen LogP contribution in [0.3, 0.4) is 0 Å². The van der Waals surface area contributed by atoms with E-state index in [1.807, 2.05) is 0 Å². The second kappa shape index (κ2) is 9.39. The van der Waals surface area contributed by atoms with E-state index >= 15 is 0 Å². The summed E-state index contributed by atoms with van der Waals surface area (Å²) in [4.78, 5) is 0. The molecule has 0 aromatic heterocycles. The predicted molar refractivity (Wildman–Crippen MR) is 49.0 cm³/mol. The molecule has 1 atom stereocenters. The molecule has 0 saturated carbocycles. The maximum atomic E-state index is 5.24. The first-order valence-corrected chi connectivity index (χ1v) is 5.38. The summed E-state index contributed by atoms with van der Waals surface area (Å²) < 4.78 is 5.24. The largest absolute Gasteiger partial charge is 0.363 e. The molecule has 0 bridgehead atoms. The van der Waals surface area contributed by atoms with E-state index < -0.39 is 0 Å². The van der Waals surface area contributed by atoms with Crippen LogP contribution in [0.5, 0.6) is 0 Å². The molecule has 0 aromatic carbocycles. The fourth-order valence-electron chi connectivity index (χ4n) is 0.798. The SMILES string of the molecule is CCCCCCPOCC. The first-order chi connectivity index (χ1) is 4.91. The van der Waals surface area contributed by atoms with Crippen LogP contribution >= 0.6 is 8.81 Å². The van der Waals surface area contributed by atoms with E-state index in [1.54, 1.807) is 0 Å². The molecular weight excluding hydrogens is 143 g/mol. The molecule has 0 aliphatic carbocycles. The molecule has 0 aromatic rings. The van der Waals surface area contributed by atoms with Crippen LogP contribution in [0.25, 0.3) is 0 Å². The van der Waals surface area contributed by atoms with Gasteiger partial charge in [0.25, 0.3) is 0 Å². The Labute approximate surface area is 66.4 Å². The van der Waals surface area contributed by atoms with Crippen molar-refractivity contribution < 1.29 is 4.52 Å². The third-order valence-corrected chi connectivity index (χ3v) is 2.43. The molecule has 1 nitrogen and oxygen atoms in total. The molecule has 0 saturated heterocycles. The Hall–Kier alpha value is 0.390. The standard InChI is InChI=1S/C8H19OP/c1-3-5-6-7-8-10-9-4-2/h10H,3-8H2,1-2H3. The third kappa shape index (κ3) is 8.39. The predicted octanol–water partition coefficient (Wildman–Crippen LogP) is 3.20. The van der Waals surface area contributed by atoms with E-state index in [4.69, 9.17) is 4.52 Å². The number of rotatable bonds is 7. The van der Waals surface area contributed by atoms with Gasteiger partial charge in [0.05, 0.1) is 0 Å². The quantitative estimate of drug-likeness (QED) is 0.412. The summed E-state index contributed by atoms with van der Waals surface area (Å²) in [5, 5.41) is 0. The number of hydrogen-bond acceptors (Lipinski definition) is 1. The second-order valence-corrected chi connectivity index (χ2v) is 3.47. The van der Waals surface area contributed by atoms with E-state index in [1.165, 1.54) is 31.8 Å². The van der Waals surface area contributed by atoms with Crippen LogP contribution in [0.1, 0.15) is 39.5 Å². The minimum absolute atomic E-state index is 0.744. The summed E-state index contributed by atoms with van der Waals surface area (Å²) in [7, 11) is 0.744. The Morgan fingerprint density at radius 2 is 1.90 bits per heavy atom. The van der Waals surface area contributed by atoms with Gasteiger partial charge in [-0.3, -0.25) is 0 Å². The molecule has 0 rings (SSSR count). The molecule has 0 N–H and O–H groups in total. The fraction of sp³-hybridized carbons (Fsp3) is 1.00. The zero-order valence-electron chi connectivity index (χ0n) is 7.15. The highest BCUT2D eigenvalue weighted by Crippen LogP contribution is 2.14. The molecule has 0 heterocycles. The van der Waals surface area contributed by atoms with Crippen LogP contribution in [-0.4, -0.2) is 12.8 Å². The molecule has 10 heavy (non-hydrogen) atoms. The Balaban J connectivity index is 2.65. The molecule has 0 fully saturated rings. The maximum absolute atomic E-state index is 5.24. The lowest BCUT2D eigenvalue weighted by molar-refractivity contribution is 0.388. The average molecular weight is 162 g/mol. The highest BCUT2D eigenvalue weighted by atomic mass is 31.1. The average Bonchev–Trinajstić information content (AvgIpc) is 1.97. The van der Waals surface area contributed by atoms with Gasteiger partial charge in [-0.25, -0.2) is 0 Å². The van der Waals surface area contributed by atoms with Crippen molar-refractivity contribution in [3.63, 3.8) is 0 Å². The molecule has 0 amide bonds. The van der Waals surface area contributed by atoms with Crippen LogP contribution in [0.4, 0.5) is 0 Å². The highest BCUT2D eigenvalue weighted by molar-refractivity contribution is 7.32. The van der Waals surface area contributed by atoms with Crippen molar-refractivity contribution in [2.24, 2.45) is 0 Å². The van der Waals surface area contributed by atoms with Gasteiger partial charge in [-0.05, 0) is 19.5 Å². The lowest BCUT2D eigenvalue weighted by atomic mass is 10.2. The normalized spacial score (nSPS) is 11.4. The molecule has 0 spiro atoms. The third-order valence-electron chi connectivity index (χ3n) is 1.38. The smallest absolute Gasteiger partial charge is 0.0477 e. The van der Waals surface area contributed by atoms with Gasteiger partial charge in [0.15, 0.2) is 0 Å². The molecule has 0 aliphatic heterocycles. The topological polar surface area (TPSA) is 9.23 Å². The number of hydrogen-bond donors (Lipinski definition) is 0. The summed E-state index contributed by atoms with van der Waals surface area (Å²) in [5.74, 6) is 0. The lowest BCUT2D eigenvalue weighted by Crippen LogP contribution is -1.81. The second-order valence-electron chi connectivity index (χ2n) is 2.39. The van der Waals surface area contributed by atoms with Crippen LogP contribution < -0.4 is 0 Å². The Morgan fingerprint density at radius 1 is 1.10 bits per heavy atom. The van der Waals surface area contributed by atoms with Gasteiger partial charge < -0.3 is 4.52 Å². The Kier molecular flexibility index (Phi) is 9.76. The van der Waals surface area contributed by atoms with Gasteiger partial charge in [-0.1, -0.05) is 26.2 Å². The summed E-state index contributed by atoms with van der Waals surface area (Å²) in [6.07, 6.45) is 6.73. The van der Waals surface area contributed by atoms with Gasteiger partial charge in [0.2, 0.25) is 0 Å². The molecule has 2 heteroatoms. The van der Waals surface area contributed by atoms with Crippen LogP contribution in [0.15, 0.2) is 0 Å². The van der Waals surface area contributed by atoms with E-state index in [0.717, 1.165) is 15.4 Å². The zero-order chi connectivity index (χ0) is 7.66. The summed E-state index contributed by atoms with van der Waals surface area (Å²) in [6.45, 7) is 5.18. The van der Waals surface area contributed by atoms with Gasteiger partial charge in [-0.2, -0.15) is 0 Å². The van der Waals surface area contributed by atoms with Crippen molar-refractivity contribution in [1.29, 1.82) is 0 Å². The maximum Gasteiger partial charge on any atom is 0.0477 e. The fourth-order valence-corrected chi connectivity index (χ4v) is 1.54. The summed E-state index contributed by atoms with van der Waals surface area (Å²) >= 11 is 0. The van der Waals surface area contributed by atoms with Crippen molar-refractivity contribution >= 4 is 8.81 Å².